The third kappa shape index (κ3) is 3.89. The van der Waals surface area contributed by atoms with Crippen molar-refractivity contribution in [3.05, 3.63) is 29.3 Å². The predicted molar refractivity (Wildman–Crippen MR) is 87.1 cm³/mol. The van der Waals surface area contributed by atoms with Gasteiger partial charge in [-0.3, -0.25) is 4.79 Å². The Bertz CT molecular complexity index is 708. The largest absolute Gasteiger partial charge is 0.347 e. The Morgan fingerprint density at radius 3 is 2.54 bits per heavy atom. The maximum absolute atomic E-state index is 12.2. The molecular weight excluding hydrogens is 356 g/mol. The molecule has 1 amide bonds. The van der Waals surface area contributed by atoms with Crippen LogP contribution in [0, 0.1) is 0 Å². The molecule has 1 aromatic rings. The molecule has 1 N–H and O–H groups in total. The number of carbonyl (C=O) groups excluding carboxylic acids is 1. The molecule has 0 saturated carbocycles. The Morgan fingerprint density at radius 2 is 1.92 bits per heavy atom. The van der Waals surface area contributed by atoms with Gasteiger partial charge in [-0.05, 0) is 18.2 Å². The number of hydrogen-bond acceptors (Lipinski definition) is 5. The van der Waals surface area contributed by atoms with Crippen LogP contribution in [0.4, 0.5) is 0 Å². The fourth-order valence-corrected chi connectivity index (χ4v) is 4.14. The molecule has 2 saturated heterocycles. The topological polar surface area (TPSA) is 84.9 Å². The number of sulfonamides is 1. The number of ether oxygens (including phenoxy) is 2. The van der Waals surface area contributed by atoms with Crippen LogP contribution in [0.25, 0.3) is 0 Å². The summed E-state index contributed by atoms with van der Waals surface area (Å²) in [7, 11) is -3.77. The lowest BCUT2D eigenvalue weighted by Crippen LogP contribution is -2.49. The van der Waals surface area contributed by atoms with Crippen molar-refractivity contribution in [2.24, 2.45) is 0 Å². The summed E-state index contributed by atoms with van der Waals surface area (Å²) in [5.74, 6) is -0.828. The zero-order valence-corrected chi connectivity index (χ0v) is 14.6. The first kappa shape index (κ1) is 17.6. The van der Waals surface area contributed by atoms with E-state index in [1.54, 1.807) is 17.0 Å². The molecule has 7 nitrogen and oxygen atoms in total. The molecular formula is C15H19ClN2O5S. The molecule has 132 valence electrons. The Morgan fingerprint density at radius 1 is 1.25 bits per heavy atom. The van der Waals surface area contributed by atoms with E-state index in [2.05, 4.69) is 4.72 Å². The minimum absolute atomic E-state index is 0.0353. The van der Waals surface area contributed by atoms with Gasteiger partial charge in [0.05, 0.1) is 24.7 Å². The molecule has 0 atom stereocenters. The van der Waals surface area contributed by atoms with Crippen LogP contribution in [0.3, 0.4) is 0 Å². The highest BCUT2D eigenvalue weighted by Gasteiger charge is 2.40. The van der Waals surface area contributed by atoms with Gasteiger partial charge in [0.15, 0.2) is 5.79 Å². The second-order valence-corrected chi connectivity index (χ2v) is 7.97. The van der Waals surface area contributed by atoms with E-state index in [9.17, 15) is 13.2 Å². The van der Waals surface area contributed by atoms with E-state index in [4.69, 9.17) is 21.1 Å². The fourth-order valence-electron chi connectivity index (χ4n) is 2.87. The standard InChI is InChI=1S/C15H19ClN2O5S/c16-12-2-1-3-13(10-12)24(20,21)17-11-14(19)18-6-4-15(5-7-18)22-8-9-23-15/h1-3,10,17H,4-9,11H2. The quantitative estimate of drug-likeness (QED) is 0.849. The van der Waals surface area contributed by atoms with Crippen LogP contribution in [-0.4, -0.2) is 57.9 Å². The second-order valence-electron chi connectivity index (χ2n) is 5.77. The van der Waals surface area contributed by atoms with E-state index >= 15 is 0 Å². The highest BCUT2D eigenvalue weighted by Crippen LogP contribution is 2.31. The van der Waals surface area contributed by atoms with Gasteiger partial charge in [0.2, 0.25) is 15.9 Å². The van der Waals surface area contributed by atoms with Gasteiger partial charge in [-0.1, -0.05) is 17.7 Å². The molecule has 9 heteroatoms. The van der Waals surface area contributed by atoms with Crippen LogP contribution >= 0.6 is 11.6 Å². The highest BCUT2D eigenvalue weighted by molar-refractivity contribution is 7.89. The van der Waals surface area contributed by atoms with Crippen molar-refractivity contribution >= 4 is 27.5 Å². The lowest BCUT2D eigenvalue weighted by atomic mass is 10.0. The van der Waals surface area contributed by atoms with Crippen LogP contribution in [0.5, 0.6) is 0 Å². The van der Waals surface area contributed by atoms with Crippen molar-refractivity contribution in [1.29, 1.82) is 0 Å². The molecule has 0 bridgehead atoms. The van der Waals surface area contributed by atoms with Gasteiger partial charge in [0.1, 0.15) is 0 Å². The average Bonchev–Trinajstić information content (AvgIpc) is 3.01. The van der Waals surface area contributed by atoms with Gasteiger partial charge in [-0.15, -0.1) is 0 Å². The first-order valence-electron chi connectivity index (χ1n) is 7.71. The zero-order valence-electron chi connectivity index (χ0n) is 13.0. The average molecular weight is 375 g/mol. The van der Waals surface area contributed by atoms with Gasteiger partial charge in [0, 0.05) is 31.0 Å². The molecule has 0 aromatic heterocycles. The van der Waals surface area contributed by atoms with Crippen LogP contribution in [0.1, 0.15) is 12.8 Å². The summed E-state index contributed by atoms with van der Waals surface area (Å²) in [6, 6.07) is 5.90. The molecule has 2 fully saturated rings. The molecule has 3 rings (SSSR count). The second kappa shape index (κ2) is 6.97. The van der Waals surface area contributed by atoms with Crippen molar-refractivity contribution in [2.75, 3.05) is 32.8 Å². The maximum Gasteiger partial charge on any atom is 0.241 e. The number of halogens is 1. The molecule has 1 aromatic carbocycles. The molecule has 2 heterocycles. The molecule has 2 aliphatic heterocycles. The first-order chi connectivity index (χ1) is 11.4. The summed E-state index contributed by atoms with van der Waals surface area (Å²) in [5, 5.41) is 0.321. The smallest absolute Gasteiger partial charge is 0.241 e. The van der Waals surface area contributed by atoms with Crippen molar-refractivity contribution in [2.45, 2.75) is 23.5 Å². The van der Waals surface area contributed by atoms with Crippen LogP contribution in [0.15, 0.2) is 29.2 Å². The number of likely N-dealkylation sites (tertiary alicyclic amines) is 1. The Hall–Kier alpha value is -1.19. The SMILES string of the molecule is O=C(CNS(=O)(=O)c1cccc(Cl)c1)N1CCC2(CC1)OCCO2. The van der Waals surface area contributed by atoms with E-state index in [1.165, 1.54) is 12.1 Å². The summed E-state index contributed by atoms with van der Waals surface area (Å²) in [5.41, 5.74) is 0. The summed E-state index contributed by atoms with van der Waals surface area (Å²) >= 11 is 5.80. The Labute approximate surface area is 145 Å². The van der Waals surface area contributed by atoms with E-state index in [0.29, 0.717) is 44.2 Å². The number of nitrogens with one attached hydrogen (secondary N) is 1. The van der Waals surface area contributed by atoms with Crippen molar-refractivity contribution in [1.82, 2.24) is 9.62 Å². The number of rotatable bonds is 4. The third-order valence-electron chi connectivity index (χ3n) is 4.21. The number of carbonyl (C=O) groups is 1. The van der Waals surface area contributed by atoms with Crippen molar-refractivity contribution in [3.63, 3.8) is 0 Å². The molecule has 0 radical (unpaired) electrons. The first-order valence-corrected chi connectivity index (χ1v) is 9.57. The van der Waals surface area contributed by atoms with Gasteiger partial charge >= 0.3 is 0 Å². The van der Waals surface area contributed by atoms with E-state index in [0.717, 1.165) is 0 Å². The van der Waals surface area contributed by atoms with Crippen LogP contribution < -0.4 is 4.72 Å². The molecule has 2 aliphatic rings. The van der Waals surface area contributed by atoms with E-state index in [-0.39, 0.29) is 17.3 Å². The van der Waals surface area contributed by atoms with E-state index < -0.39 is 15.8 Å². The summed E-state index contributed by atoms with van der Waals surface area (Å²) in [4.78, 5) is 13.9. The van der Waals surface area contributed by atoms with Gasteiger partial charge in [-0.2, -0.15) is 0 Å². The maximum atomic E-state index is 12.2. The summed E-state index contributed by atoms with van der Waals surface area (Å²) in [6.45, 7) is 1.83. The minimum atomic E-state index is -3.77. The Kier molecular flexibility index (Phi) is 5.12. The Balaban J connectivity index is 1.54. The molecule has 0 aliphatic carbocycles. The fraction of sp³-hybridized carbons (Fsp3) is 0.533. The monoisotopic (exact) mass is 374 g/mol. The zero-order chi connectivity index (χ0) is 17.2. The number of amides is 1. The number of nitrogens with zero attached hydrogens (tertiary/aromatic N) is 1. The predicted octanol–water partition coefficient (Wildman–Crippen LogP) is 0.984. The number of piperidine rings is 1. The third-order valence-corrected chi connectivity index (χ3v) is 5.85. The lowest BCUT2D eigenvalue weighted by Gasteiger charge is -2.37. The molecule has 0 unspecified atom stereocenters. The van der Waals surface area contributed by atoms with Crippen LogP contribution in [0.2, 0.25) is 5.02 Å². The van der Waals surface area contributed by atoms with Gasteiger partial charge < -0.3 is 14.4 Å². The normalized spacial score (nSPS) is 20.5. The summed E-state index contributed by atoms with van der Waals surface area (Å²) < 4.78 is 37.9. The number of benzene rings is 1. The number of hydrogen-bond donors (Lipinski definition) is 1. The van der Waals surface area contributed by atoms with Gasteiger partial charge in [-0.25, -0.2) is 13.1 Å². The van der Waals surface area contributed by atoms with Crippen molar-refractivity contribution < 1.29 is 22.7 Å². The van der Waals surface area contributed by atoms with E-state index in [1.807, 2.05) is 0 Å². The van der Waals surface area contributed by atoms with Gasteiger partial charge in [0.25, 0.3) is 0 Å². The highest BCUT2D eigenvalue weighted by atomic mass is 35.5. The minimum Gasteiger partial charge on any atom is -0.347 e. The molecule has 1 spiro atoms. The van der Waals surface area contributed by atoms with Crippen LogP contribution in [-0.2, 0) is 24.3 Å². The lowest BCUT2D eigenvalue weighted by molar-refractivity contribution is -0.187. The summed E-state index contributed by atoms with van der Waals surface area (Å²) in [6.07, 6.45) is 1.19. The molecule has 24 heavy (non-hydrogen) atoms. The van der Waals surface area contributed by atoms with Crippen molar-refractivity contribution in [3.8, 4) is 0 Å².